The number of aromatic nitrogens is 3. The number of nitrogens with one attached hydrogen (secondary N) is 2. The molecule has 0 radical (unpaired) electrons. The summed E-state index contributed by atoms with van der Waals surface area (Å²) in [5.74, 6) is 0.796. The second kappa shape index (κ2) is 9.89. The largest absolute Gasteiger partial charge is 0.368 e. The van der Waals surface area contributed by atoms with Gasteiger partial charge in [-0.25, -0.2) is 4.98 Å². The molecule has 1 saturated carbocycles. The third-order valence-corrected chi connectivity index (χ3v) is 7.68. The second-order valence-electron chi connectivity index (χ2n) is 9.31. The number of rotatable bonds is 7. The summed E-state index contributed by atoms with van der Waals surface area (Å²) in [4.78, 5) is 21.8. The van der Waals surface area contributed by atoms with Crippen LogP contribution in [0.1, 0.15) is 43.9 Å². The molecule has 2 heterocycles. The van der Waals surface area contributed by atoms with Crippen LogP contribution < -0.4 is 15.8 Å². The highest BCUT2D eigenvalue weighted by molar-refractivity contribution is 9.10. The van der Waals surface area contributed by atoms with Gasteiger partial charge < -0.3 is 15.1 Å². The Kier molecular flexibility index (Phi) is 7.14. The van der Waals surface area contributed by atoms with Crippen molar-refractivity contribution in [2.75, 3.05) is 30.9 Å². The van der Waals surface area contributed by atoms with Gasteiger partial charge in [0.1, 0.15) is 5.82 Å². The van der Waals surface area contributed by atoms with E-state index in [2.05, 4.69) is 80.3 Å². The van der Waals surface area contributed by atoms with Crippen LogP contribution in [-0.4, -0.2) is 52.4 Å². The van der Waals surface area contributed by atoms with Gasteiger partial charge in [0, 0.05) is 65.0 Å². The van der Waals surface area contributed by atoms with Crippen molar-refractivity contribution in [3.8, 4) is 0 Å². The number of hydrogen-bond donors (Lipinski definition) is 2. The number of benzene rings is 1. The fraction of sp³-hybridized carbons (Fsp3) is 0.520. The summed E-state index contributed by atoms with van der Waals surface area (Å²) in [5, 5.41) is 8.49. The Balaban J connectivity index is 1.65. The van der Waals surface area contributed by atoms with Crippen molar-refractivity contribution in [3.05, 3.63) is 50.5 Å². The maximum absolute atomic E-state index is 12.3. The first-order chi connectivity index (χ1) is 15.8. The van der Waals surface area contributed by atoms with Crippen molar-refractivity contribution < 1.29 is 0 Å². The number of nitrogens with zero attached hydrogens (tertiary/aromatic N) is 4. The lowest BCUT2D eigenvalue weighted by Gasteiger charge is -2.40. The topological polar surface area (TPSA) is 69.2 Å². The predicted molar refractivity (Wildman–Crippen MR) is 140 cm³/mol. The van der Waals surface area contributed by atoms with E-state index >= 15 is 0 Å². The Morgan fingerprint density at radius 3 is 2.48 bits per heavy atom. The van der Waals surface area contributed by atoms with Gasteiger partial charge >= 0.3 is 0 Å². The van der Waals surface area contributed by atoms with Crippen LogP contribution in [0.4, 0.5) is 11.5 Å². The number of aromatic amines is 1. The molecule has 0 spiro atoms. The number of aryl methyl sites for hydroxylation is 1. The van der Waals surface area contributed by atoms with Crippen molar-refractivity contribution in [3.63, 3.8) is 0 Å². The summed E-state index contributed by atoms with van der Waals surface area (Å²) in [5.41, 5.74) is 2.85. The summed E-state index contributed by atoms with van der Waals surface area (Å²) in [7, 11) is 6.23. The summed E-state index contributed by atoms with van der Waals surface area (Å²) in [6.45, 7) is 5.59. The molecule has 1 fully saturated rings. The third-order valence-electron chi connectivity index (χ3n) is 7.23. The standard InChI is InChI=1S/C25H35BrN6O/c1-6-32(19-9-7-18(8-10-19)30(3)4)23-14-17(26)13-21-20(23)11-12-27-24(21)28-15-22-16(2)31(5)29-25(22)33/h11-14,18-19H,6-10,15H2,1-5H3,(H,27,28)(H,29,33). The molecule has 0 amide bonds. The minimum absolute atomic E-state index is 0.0601. The van der Waals surface area contributed by atoms with Crippen LogP contribution in [0.3, 0.4) is 0 Å². The first-order valence-corrected chi connectivity index (χ1v) is 12.6. The van der Waals surface area contributed by atoms with Crippen LogP contribution in [0, 0.1) is 6.92 Å². The fourth-order valence-electron chi connectivity index (χ4n) is 5.17. The molecule has 2 N–H and O–H groups in total. The fourth-order valence-corrected chi connectivity index (χ4v) is 5.62. The average Bonchev–Trinajstić information content (AvgIpc) is 3.04. The molecule has 1 aromatic carbocycles. The number of H-pyrrole nitrogens is 1. The van der Waals surface area contributed by atoms with E-state index in [1.165, 1.54) is 36.8 Å². The number of fused-ring (bicyclic) bond motifs is 1. The second-order valence-corrected chi connectivity index (χ2v) is 10.2. The summed E-state index contributed by atoms with van der Waals surface area (Å²) in [6.07, 6.45) is 6.74. The molecule has 0 bridgehead atoms. The Hall–Kier alpha value is -2.32. The number of hydrogen-bond acceptors (Lipinski definition) is 5. The highest BCUT2D eigenvalue weighted by Crippen LogP contribution is 2.37. The Morgan fingerprint density at radius 1 is 1.18 bits per heavy atom. The summed E-state index contributed by atoms with van der Waals surface area (Å²) in [6, 6.07) is 7.69. The Morgan fingerprint density at radius 2 is 1.88 bits per heavy atom. The lowest BCUT2D eigenvalue weighted by Crippen LogP contribution is -2.42. The Bertz CT molecular complexity index is 1180. The number of halogens is 1. The van der Waals surface area contributed by atoms with Crippen LogP contribution >= 0.6 is 15.9 Å². The maximum atomic E-state index is 12.3. The predicted octanol–water partition coefficient (Wildman–Crippen LogP) is 4.64. The molecular weight excluding hydrogens is 480 g/mol. The average molecular weight is 516 g/mol. The first-order valence-electron chi connectivity index (χ1n) is 11.8. The van der Waals surface area contributed by atoms with Gasteiger partial charge in [-0.2, -0.15) is 0 Å². The van der Waals surface area contributed by atoms with E-state index < -0.39 is 0 Å². The molecule has 33 heavy (non-hydrogen) atoms. The van der Waals surface area contributed by atoms with Gasteiger partial charge in [0.05, 0.1) is 5.56 Å². The van der Waals surface area contributed by atoms with Gasteiger partial charge in [-0.05, 0) is 71.8 Å². The molecule has 1 aliphatic carbocycles. The van der Waals surface area contributed by atoms with Gasteiger partial charge in [-0.15, -0.1) is 0 Å². The Labute approximate surface area is 204 Å². The SMILES string of the molecule is CCN(c1cc(Br)cc2c(NCc3c(C)n(C)[nH]c3=O)nccc12)C1CCC(N(C)C)CC1. The lowest BCUT2D eigenvalue weighted by atomic mass is 9.89. The van der Waals surface area contributed by atoms with Crippen molar-refractivity contribution in [1.29, 1.82) is 0 Å². The zero-order chi connectivity index (χ0) is 23.7. The molecular formula is C25H35BrN6O. The zero-order valence-electron chi connectivity index (χ0n) is 20.3. The maximum Gasteiger partial charge on any atom is 0.269 e. The minimum atomic E-state index is -0.0601. The van der Waals surface area contributed by atoms with E-state index in [1.54, 1.807) is 4.68 Å². The molecule has 0 aliphatic heterocycles. The molecule has 1 aliphatic rings. The summed E-state index contributed by atoms with van der Waals surface area (Å²) < 4.78 is 2.80. The van der Waals surface area contributed by atoms with Gasteiger partial charge in [-0.3, -0.25) is 14.6 Å². The molecule has 8 heteroatoms. The highest BCUT2D eigenvalue weighted by atomic mass is 79.9. The van der Waals surface area contributed by atoms with Crippen LogP contribution in [0.15, 0.2) is 33.7 Å². The van der Waals surface area contributed by atoms with E-state index in [0.717, 1.165) is 33.5 Å². The zero-order valence-corrected chi connectivity index (χ0v) is 21.9. The van der Waals surface area contributed by atoms with E-state index in [9.17, 15) is 4.79 Å². The minimum Gasteiger partial charge on any atom is -0.368 e. The molecule has 7 nitrogen and oxygen atoms in total. The molecule has 0 unspecified atom stereocenters. The quantitative estimate of drug-likeness (QED) is 0.480. The van der Waals surface area contributed by atoms with Gasteiger partial charge in [0.2, 0.25) is 0 Å². The van der Waals surface area contributed by atoms with Crippen LogP contribution in [-0.2, 0) is 13.6 Å². The van der Waals surface area contributed by atoms with Gasteiger partial charge in [0.25, 0.3) is 5.56 Å². The van der Waals surface area contributed by atoms with E-state index in [1.807, 2.05) is 20.2 Å². The van der Waals surface area contributed by atoms with Crippen LogP contribution in [0.2, 0.25) is 0 Å². The van der Waals surface area contributed by atoms with Crippen molar-refractivity contribution in [2.45, 2.75) is 58.2 Å². The van der Waals surface area contributed by atoms with E-state index in [-0.39, 0.29) is 5.56 Å². The highest BCUT2D eigenvalue weighted by Gasteiger charge is 2.27. The number of pyridine rings is 1. The van der Waals surface area contributed by atoms with Crippen molar-refractivity contribution in [1.82, 2.24) is 19.7 Å². The molecule has 178 valence electrons. The summed E-state index contributed by atoms with van der Waals surface area (Å²) >= 11 is 3.74. The molecule has 0 saturated heterocycles. The van der Waals surface area contributed by atoms with Gasteiger partial charge in [-0.1, -0.05) is 15.9 Å². The molecule has 3 aromatic rings. The molecule has 2 aromatic heterocycles. The van der Waals surface area contributed by atoms with Crippen LogP contribution in [0.5, 0.6) is 0 Å². The lowest BCUT2D eigenvalue weighted by molar-refractivity contribution is 0.214. The van der Waals surface area contributed by atoms with E-state index in [0.29, 0.717) is 18.6 Å². The first kappa shape index (κ1) is 23.8. The number of anilines is 2. The monoisotopic (exact) mass is 514 g/mol. The normalized spacial score (nSPS) is 18.8. The van der Waals surface area contributed by atoms with E-state index in [4.69, 9.17) is 0 Å². The smallest absolute Gasteiger partial charge is 0.269 e. The van der Waals surface area contributed by atoms with Crippen LogP contribution in [0.25, 0.3) is 10.8 Å². The van der Waals surface area contributed by atoms with Crippen molar-refractivity contribution in [2.24, 2.45) is 7.05 Å². The van der Waals surface area contributed by atoms with Crippen molar-refractivity contribution >= 4 is 38.2 Å². The van der Waals surface area contributed by atoms with Gasteiger partial charge in [0.15, 0.2) is 0 Å². The molecule has 0 atom stereocenters. The third kappa shape index (κ3) is 4.82. The molecule has 4 rings (SSSR count).